The smallest absolute Gasteiger partial charge is 0.345 e. The first-order valence-electron chi connectivity index (χ1n) is 3.35. The minimum absolute atomic E-state index is 0.164. The van der Waals surface area contributed by atoms with Crippen molar-refractivity contribution < 1.29 is 14.3 Å². The first-order chi connectivity index (χ1) is 5.22. The number of Topliss-reactive ketones (excluding diaryl/α,β-unsaturated/α-hetero) is 1. The molecule has 0 unspecified atom stereocenters. The van der Waals surface area contributed by atoms with Gasteiger partial charge in [0.25, 0.3) is 6.26 Å². The topological polar surface area (TPSA) is 67.2 Å². The molecule has 4 nitrogen and oxygen atoms in total. The first-order valence-corrected chi connectivity index (χ1v) is 3.35. The molecule has 0 aromatic carbocycles. The molecule has 4 heteroatoms. The number of ether oxygens (including phenoxy) is 1. The minimum atomic E-state index is -1.05. The van der Waals surface area contributed by atoms with Crippen molar-refractivity contribution in [3.05, 3.63) is 0 Å². The number of hydrogen-bond donors (Lipinski definition) is 0. The second-order valence-corrected chi connectivity index (χ2v) is 2.01. The predicted molar refractivity (Wildman–Crippen MR) is 36.2 cm³/mol. The Balaban J connectivity index is 3.67. The van der Waals surface area contributed by atoms with Crippen LogP contribution in [0.3, 0.4) is 0 Å². The van der Waals surface area contributed by atoms with E-state index in [0.717, 1.165) is 12.7 Å². The van der Waals surface area contributed by atoms with Gasteiger partial charge in [0.05, 0.1) is 0 Å². The highest BCUT2D eigenvalue weighted by molar-refractivity contribution is 6.33. The molecule has 0 N–H and O–H groups in total. The molecular weight excluding hydrogens is 146 g/mol. The Labute approximate surface area is 64.8 Å². The van der Waals surface area contributed by atoms with Gasteiger partial charge >= 0.3 is 5.97 Å². The van der Waals surface area contributed by atoms with Gasteiger partial charge < -0.3 is 4.74 Å². The highest BCUT2D eigenvalue weighted by Crippen LogP contribution is 1.96. The molecule has 0 atom stereocenters. The van der Waals surface area contributed by atoms with Crippen molar-refractivity contribution in [1.29, 1.82) is 5.26 Å². The van der Waals surface area contributed by atoms with Crippen LogP contribution < -0.4 is 0 Å². The van der Waals surface area contributed by atoms with Crippen LogP contribution in [0.5, 0.6) is 0 Å². The number of nitrogens with zero attached hydrogens (tertiary/aromatic N) is 1. The molecule has 0 amide bonds. The average Bonchev–Trinajstić information content (AvgIpc) is 2.00. The summed E-state index contributed by atoms with van der Waals surface area (Å²) in [5, 5.41) is 7.87. The maximum atomic E-state index is 10.7. The third-order valence-electron chi connectivity index (χ3n) is 1.12. The van der Waals surface area contributed by atoms with Gasteiger partial charge in [0.2, 0.25) is 5.78 Å². The third-order valence-corrected chi connectivity index (χ3v) is 1.12. The van der Waals surface area contributed by atoms with Gasteiger partial charge in [-0.05, 0) is 6.42 Å². The Morgan fingerprint density at radius 1 is 1.55 bits per heavy atom. The van der Waals surface area contributed by atoms with Crippen LogP contribution in [0.4, 0.5) is 0 Å². The fourth-order valence-corrected chi connectivity index (χ4v) is 0.538. The number of esters is 1. The molecule has 0 heterocycles. The normalized spacial score (nSPS) is 8.36. The molecule has 0 aliphatic heterocycles. The van der Waals surface area contributed by atoms with Gasteiger partial charge in [-0.15, -0.1) is 5.26 Å². The number of carbonyl (C=O) groups excluding carboxylic acids is 2. The zero-order valence-electron chi connectivity index (χ0n) is 6.29. The van der Waals surface area contributed by atoms with Crippen LogP contribution in [0.2, 0.25) is 0 Å². The number of nitriles is 1. The fraction of sp³-hybridized carbons (Fsp3) is 0.571. The molecule has 0 aromatic rings. The molecule has 0 saturated heterocycles. The lowest BCUT2D eigenvalue weighted by atomic mass is 10.2. The van der Waals surface area contributed by atoms with Gasteiger partial charge in [-0.2, -0.15) is 0 Å². The van der Waals surface area contributed by atoms with Gasteiger partial charge in [-0.3, -0.25) is 4.79 Å². The van der Waals surface area contributed by atoms with E-state index in [4.69, 9.17) is 5.26 Å². The summed E-state index contributed by atoms with van der Waals surface area (Å²) in [6.45, 7) is 1.91. The van der Waals surface area contributed by atoms with Gasteiger partial charge in [-0.1, -0.05) is 13.3 Å². The summed E-state index contributed by atoms with van der Waals surface area (Å²) >= 11 is 0. The lowest BCUT2D eigenvalue weighted by Crippen LogP contribution is -2.14. The molecule has 0 bridgehead atoms. The molecule has 60 valence electrons. The number of hydrogen-bond acceptors (Lipinski definition) is 4. The van der Waals surface area contributed by atoms with Crippen molar-refractivity contribution in [2.45, 2.75) is 26.2 Å². The van der Waals surface area contributed by atoms with E-state index in [0.29, 0.717) is 6.42 Å². The Morgan fingerprint density at radius 2 is 2.18 bits per heavy atom. The zero-order valence-corrected chi connectivity index (χ0v) is 6.29. The lowest BCUT2D eigenvalue weighted by Gasteiger charge is -1.92. The molecule has 0 spiro atoms. The van der Waals surface area contributed by atoms with Crippen LogP contribution in [0.25, 0.3) is 0 Å². The second kappa shape index (κ2) is 5.42. The predicted octanol–water partition coefficient (Wildman–Crippen LogP) is 0.770. The van der Waals surface area contributed by atoms with E-state index in [1.165, 1.54) is 0 Å². The van der Waals surface area contributed by atoms with Gasteiger partial charge in [-0.25, -0.2) is 4.79 Å². The van der Waals surface area contributed by atoms with Gasteiger partial charge in [0, 0.05) is 6.42 Å². The Hall–Kier alpha value is -1.37. The standard InChI is InChI=1S/C7H9NO3/c1-2-3-4-6(9)7(10)11-5-8/h2-4H2,1H3. The van der Waals surface area contributed by atoms with Crippen molar-refractivity contribution in [2.24, 2.45) is 0 Å². The van der Waals surface area contributed by atoms with E-state index in [-0.39, 0.29) is 6.42 Å². The molecule has 0 aliphatic carbocycles. The lowest BCUT2D eigenvalue weighted by molar-refractivity contribution is -0.149. The number of carbonyl (C=O) groups is 2. The summed E-state index contributed by atoms with van der Waals surface area (Å²) in [5.74, 6) is -1.69. The molecule has 0 aliphatic rings. The number of rotatable bonds is 4. The monoisotopic (exact) mass is 155 g/mol. The molecule has 0 saturated carbocycles. The van der Waals surface area contributed by atoms with E-state index in [1.807, 2.05) is 6.92 Å². The summed E-state index contributed by atoms with van der Waals surface area (Å²) in [5.41, 5.74) is 0. The van der Waals surface area contributed by atoms with Crippen molar-refractivity contribution in [3.63, 3.8) is 0 Å². The van der Waals surface area contributed by atoms with Crippen LogP contribution >= 0.6 is 0 Å². The second-order valence-electron chi connectivity index (χ2n) is 2.01. The van der Waals surface area contributed by atoms with Crippen molar-refractivity contribution >= 4 is 11.8 Å². The maximum absolute atomic E-state index is 10.7. The van der Waals surface area contributed by atoms with E-state index in [1.54, 1.807) is 0 Å². The molecule has 0 fully saturated rings. The molecule has 0 rings (SSSR count). The van der Waals surface area contributed by atoms with Gasteiger partial charge in [0.1, 0.15) is 0 Å². The van der Waals surface area contributed by atoms with E-state index in [9.17, 15) is 9.59 Å². The van der Waals surface area contributed by atoms with Crippen LogP contribution in [-0.2, 0) is 14.3 Å². The summed E-state index contributed by atoms with van der Waals surface area (Å²) in [6.07, 6.45) is 2.81. The largest absolute Gasteiger partial charge is 0.389 e. The molecular formula is C7H9NO3. The highest BCUT2D eigenvalue weighted by Gasteiger charge is 2.13. The molecule has 0 aromatic heterocycles. The molecule has 11 heavy (non-hydrogen) atoms. The Kier molecular flexibility index (Phi) is 4.74. The van der Waals surface area contributed by atoms with Crippen molar-refractivity contribution in [2.75, 3.05) is 0 Å². The van der Waals surface area contributed by atoms with Crippen LogP contribution in [0, 0.1) is 11.5 Å². The number of ketones is 1. The Bertz CT molecular complexity index is 192. The summed E-state index contributed by atoms with van der Waals surface area (Å²) in [4.78, 5) is 21.1. The van der Waals surface area contributed by atoms with Crippen LogP contribution in [0.1, 0.15) is 26.2 Å². The van der Waals surface area contributed by atoms with E-state index >= 15 is 0 Å². The SMILES string of the molecule is CCCCC(=O)C(=O)OC#N. The number of unbranched alkanes of at least 4 members (excludes halogenated alkanes) is 1. The summed E-state index contributed by atoms with van der Waals surface area (Å²) in [7, 11) is 0. The first kappa shape index (κ1) is 9.63. The highest BCUT2D eigenvalue weighted by atomic mass is 16.5. The summed E-state index contributed by atoms with van der Waals surface area (Å²) < 4.78 is 3.82. The Morgan fingerprint density at radius 3 is 2.64 bits per heavy atom. The maximum Gasteiger partial charge on any atom is 0.389 e. The molecule has 0 radical (unpaired) electrons. The van der Waals surface area contributed by atoms with E-state index in [2.05, 4.69) is 4.74 Å². The van der Waals surface area contributed by atoms with E-state index < -0.39 is 11.8 Å². The van der Waals surface area contributed by atoms with Crippen molar-refractivity contribution in [1.82, 2.24) is 0 Å². The third kappa shape index (κ3) is 4.09. The minimum Gasteiger partial charge on any atom is -0.345 e. The fourth-order valence-electron chi connectivity index (χ4n) is 0.538. The quantitative estimate of drug-likeness (QED) is 0.341. The summed E-state index contributed by atoms with van der Waals surface area (Å²) in [6, 6.07) is 0. The average molecular weight is 155 g/mol. The van der Waals surface area contributed by atoms with Crippen LogP contribution in [0.15, 0.2) is 0 Å². The zero-order chi connectivity index (χ0) is 8.69. The van der Waals surface area contributed by atoms with Crippen LogP contribution in [-0.4, -0.2) is 11.8 Å². The van der Waals surface area contributed by atoms with Gasteiger partial charge in [0.15, 0.2) is 0 Å². The van der Waals surface area contributed by atoms with Crippen molar-refractivity contribution in [3.8, 4) is 6.26 Å².